The fourth-order valence-electron chi connectivity index (χ4n) is 1.60. The Morgan fingerprint density at radius 2 is 2.06 bits per heavy atom. The van der Waals surface area contributed by atoms with Gasteiger partial charge >= 0.3 is 0 Å². The third kappa shape index (κ3) is 3.35. The Morgan fingerprint density at radius 1 is 1.29 bits per heavy atom. The van der Waals surface area contributed by atoms with Crippen LogP contribution in [0.3, 0.4) is 0 Å². The van der Waals surface area contributed by atoms with E-state index in [1.807, 2.05) is 6.07 Å². The summed E-state index contributed by atoms with van der Waals surface area (Å²) < 4.78 is 5.04. The van der Waals surface area contributed by atoms with E-state index < -0.39 is 0 Å². The summed E-state index contributed by atoms with van der Waals surface area (Å²) in [7, 11) is 0. The van der Waals surface area contributed by atoms with Crippen molar-refractivity contribution in [3.8, 4) is 0 Å². The predicted molar refractivity (Wildman–Crippen MR) is 70.0 cm³/mol. The zero-order valence-corrected chi connectivity index (χ0v) is 10.8. The lowest BCUT2D eigenvalue weighted by Gasteiger charge is -2.13. The maximum atomic E-state index is 5.04. The molecule has 0 aliphatic carbocycles. The number of aromatic nitrogens is 1. The van der Waals surface area contributed by atoms with Gasteiger partial charge in [-0.2, -0.15) is 0 Å². The van der Waals surface area contributed by atoms with Crippen molar-refractivity contribution >= 4 is 11.8 Å². The summed E-state index contributed by atoms with van der Waals surface area (Å²) in [5.74, 6) is 0.859. The van der Waals surface area contributed by atoms with Crippen LogP contribution < -0.4 is 5.32 Å². The van der Waals surface area contributed by atoms with E-state index in [4.69, 9.17) is 4.52 Å². The number of hydrogen-bond acceptors (Lipinski definition) is 4. The molecule has 0 aliphatic heterocycles. The maximum Gasteiger partial charge on any atom is 0.150 e. The maximum absolute atomic E-state index is 5.04. The lowest BCUT2D eigenvalue weighted by Crippen LogP contribution is -2.17. The molecule has 1 aromatic heterocycles. The molecule has 0 spiro atoms. The number of thioether (sulfide) groups is 1. The first-order valence-electron chi connectivity index (χ1n) is 5.56. The lowest BCUT2D eigenvalue weighted by atomic mass is 10.1. The highest BCUT2D eigenvalue weighted by atomic mass is 32.2. The van der Waals surface area contributed by atoms with E-state index in [0.717, 1.165) is 5.76 Å². The zero-order chi connectivity index (χ0) is 12.1. The molecular weight excluding hydrogens is 232 g/mol. The van der Waals surface area contributed by atoms with Gasteiger partial charge in [-0.25, -0.2) is 0 Å². The minimum absolute atomic E-state index is 0.302. The minimum Gasteiger partial charge on any atom is -0.360 e. The van der Waals surface area contributed by atoms with Gasteiger partial charge < -0.3 is 9.84 Å². The van der Waals surface area contributed by atoms with Crippen LogP contribution in [0.15, 0.2) is 45.9 Å². The van der Waals surface area contributed by atoms with Crippen molar-refractivity contribution in [2.75, 3.05) is 6.26 Å². The van der Waals surface area contributed by atoms with Gasteiger partial charge in [0, 0.05) is 17.0 Å². The van der Waals surface area contributed by atoms with Crippen LogP contribution in [-0.2, 0) is 6.54 Å². The molecule has 2 aromatic rings. The predicted octanol–water partition coefficient (Wildman–Crippen LogP) is 3.25. The molecule has 1 atom stereocenters. The number of nitrogens with zero attached hydrogens (tertiary/aromatic N) is 1. The summed E-state index contributed by atoms with van der Waals surface area (Å²) in [4.78, 5) is 1.29. The summed E-state index contributed by atoms with van der Waals surface area (Å²) in [6.45, 7) is 2.84. The molecule has 17 heavy (non-hydrogen) atoms. The van der Waals surface area contributed by atoms with Crippen LogP contribution in [0, 0.1) is 0 Å². The molecule has 1 heterocycles. The number of hydrogen-bond donors (Lipinski definition) is 1. The van der Waals surface area contributed by atoms with E-state index in [9.17, 15) is 0 Å². The van der Waals surface area contributed by atoms with Crippen LogP contribution >= 0.6 is 11.8 Å². The minimum atomic E-state index is 0.302. The Morgan fingerprint density at radius 3 is 2.65 bits per heavy atom. The van der Waals surface area contributed by atoms with Gasteiger partial charge in [-0.3, -0.25) is 0 Å². The average molecular weight is 248 g/mol. The summed E-state index contributed by atoms with van der Waals surface area (Å²) in [6, 6.07) is 10.8. The van der Waals surface area contributed by atoms with Gasteiger partial charge in [-0.05, 0) is 30.9 Å². The first-order chi connectivity index (χ1) is 8.29. The molecule has 0 aliphatic rings. The molecule has 4 heteroatoms. The second kappa shape index (κ2) is 5.89. The molecule has 0 amide bonds. The van der Waals surface area contributed by atoms with Gasteiger partial charge in [-0.1, -0.05) is 17.3 Å². The van der Waals surface area contributed by atoms with E-state index >= 15 is 0 Å². The number of benzene rings is 1. The van der Waals surface area contributed by atoms with E-state index in [-0.39, 0.29) is 0 Å². The van der Waals surface area contributed by atoms with E-state index in [1.54, 1.807) is 18.0 Å². The SMILES string of the molecule is CSc1ccc(C(C)NCc2ccno2)cc1. The second-order valence-corrected chi connectivity index (χ2v) is 4.73. The van der Waals surface area contributed by atoms with Crippen molar-refractivity contribution in [1.82, 2.24) is 10.5 Å². The van der Waals surface area contributed by atoms with Gasteiger partial charge in [0.15, 0.2) is 0 Å². The largest absolute Gasteiger partial charge is 0.360 e. The standard InChI is InChI=1S/C13H16N2OS/c1-10(14-9-12-7-8-15-16-12)11-3-5-13(17-2)6-4-11/h3-8,10,14H,9H2,1-2H3. The van der Waals surface area contributed by atoms with Crippen LogP contribution in [0.25, 0.3) is 0 Å². The highest BCUT2D eigenvalue weighted by molar-refractivity contribution is 7.98. The van der Waals surface area contributed by atoms with Gasteiger partial charge in [0.2, 0.25) is 0 Å². The monoisotopic (exact) mass is 248 g/mol. The molecule has 0 saturated carbocycles. The Hall–Kier alpha value is -1.26. The van der Waals surface area contributed by atoms with Crippen LogP contribution in [0.4, 0.5) is 0 Å². The van der Waals surface area contributed by atoms with E-state index in [1.165, 1.54) is 10.5 Å². The summed E-state index contributed by atoms with van der Waals surface area (Å²) >= 11 is 1.76. The van der Waals surface area contributed by atoms with Crippen molar-refractivity contribution in [2.24, 2.45) is 0 Å². The number of nitrogens with one attached hydrogen (secondary N) is 1. The molecule has 0 saturated heterocycles. The van der Waals surface area contributed by atoms with E-state index in [0.29, 0.717) is 12.6 Å². The quantitative estimate of drug-likeness (QED) is 0.824. The number of rotatable bonds is 5. The van der Waals surface area contributed by atoms with Crippen LogP contribution in [0.2, 0.25) is 0 Å². The van der Waals surface area contributed by atoms with Gasteiger partial charge in [0.1, 0.15) is 5.76 Å². The van der Waals surface area contributed by atoms with E-state index in [2.05, 4.69) is 47.9 Å². The fourth-order valence-corrected chi connectivity index (χ4v) is 2.01. The van der Waals surface area contributed by atoms with Crippen molar-refractivity contribution in [2.45, 2.75) is 24.4 Å². The zero-order valence-electron chi connectivity index (χ0n) is 10.0. The van der Waals surface area contributed by atoms with Crippen molar-refractivity contribution < 1.29 is 4.52 Å². The smallest absolute Gasteiger partial charge is 0.150 e. The lowest BCUT2D eigenvalue weighted by molar-refractivity contribution is 0.366. The Kier molecular flexibility index (Phi) is 4.23. The van der Waals surface area contributed by atoms with Gasteiger partial charge in [0.25, 0.3) is 0 Å². The molecular formula is C13H16N2OS. The third-order valence-corrected chi connectivity index (χ3v) is 3.43. The Balaban J connectivity index is 1.92. The van der Waals surface area contributed by atoms with Crippen LogP contribution in [0.5, 0.6) is 0 Å². The molecule has 0 bridgehead atoms. The van der Waals surface area contributed by atoms with Crippen molar-refractivity contribution in [3.63, 3.8) is 0 Å². The Bertz CT molecular complexity index is 439. The molecule has 3 nitrogen and oxygen atoms in total. The highest BCUT2D eigenvalue weighted by Crippen LogP contribution is 2.19. The molecule has 90 valence electrons. The third-order valence-electron chi connectivity index (χ3n) is 2.69. The van der Waals surface area contributed by atoms with Gasteiger partial charge in [-0.15, -0.1) is 11.8 Å². The molecule has 0 radical (unpaired) electrons. The highest BCUT2D eigenvalue weighted by Gasteiger charge is 2.05. The summed E-state index contributed by atoms with van der Waals surface area (Å²) in [5.41, 5.74) is 1.28. The molecule has 0 fully saturated rings. The van der Waals surface area contributed by atoms with Crippen molar-refractivity contribution in [3.05, 3.63) is 47.9 Å². The molecule has 1 unspecified atom stereocenters. The molecule has 1 aromatic carbocycles. The fraction of sp³-hybridized carbons (Fsp3) is 0.308. The topological polar surface area (TPSA) is 38.1 Å². The molecule has 2 rings (SSSR count). The summed E-state index contributed by atoms with van der Waals surface area (Å²) in [6.07, 6.45) is 3.75. The first kappa shape index (κ1) is 12.2. The second-order valence-electron chi connectivity index (χ2n) is 3.85. The van der Waals surface area contributed by atoms with Crippen molar-refractivity contribution in [1.29, 1.82) is 0 Å². The van der Waals surface area contributed by atoms with Crippen LogP contribution in [-0.4, -0.2) is 11.4 Å². The first-order valence-corrected chi connectivity index (χ1v) is 6.79. The average Bonchev–Trinajstić information content (AvgIpc) is 2.89. The summed E-state index contributed by atoms with van der Waals surface area (Å²) in [5, 5.41) is 7.08. The van der Waals surface area contributed by atoms with Gasteiger partial charge in [0.05, 0.1) is 12.7 Å². The molecule has 1 N–H and O–H groups in total. The normalized spacial score (nSPS) is 12.6. The van der Waals surface area contributed by atoms with Crippen LogP contribution in [0.1, 0.15) is 24.3 Å². The Labute approximate surface area is 106 Å².